The molecular formula is C26H34N2O4. The average molecular weight is 439 g/mol. The van der Waals surface area contributed by atoms with Crippen LogP contribution in [0.25, 0.3) is 0 Å². The fourth-order valence-corrected chi connectivity index (χ4v) is 4.09. The van der Waals surface area contributed by atoms with Crippen molar-refractivity contribution < 1.29 is 19.1 Å². The molecule has 1 aliphatic heterocycles. The Hall–Kier alpha value is -2.86. The van der Waals surface area contributed by atoms with Crippen molar-refractivity contribution in [2.24, 2.45) is 5.92 Å². The van der Waals surface area contributed by atoms with E-state index in [0.717, 1.165) is 29.0 Å². The van der Waals surface area contributed by atoms with Crippen molar-refractivity contribution in [3.63, 3.8) is 0 Å². The molecule has 2 unspecified atom stereocenters. The molecule has 3 rings (SSSR count). The van der Waals surface area contributed by atoms with Gasteiger partial charge in [0.1, 0.15) is 5.75 Å². The quantitative estimate of drug-likeness (QED) is 0.589. The number of anilines is 1. The molecule has 0 aromatic heterocycles. The summed E-state index contributed by atoms with van der Waals surface area (Å²) in [6.45, 7) is 7.17. The average Bonchev–Trinajstić information content (AvgIpc) is 2.79. The zero-order chi connectivity index (χ0) is 23.1. The first kappa shape index (κ1) is 23.8. The van der Waals surface area contributed by atoms with Crippen LogP contribution in [-0.2, 0) is 14.3 Å². The fourth-order valence-electron chi connectivity index (χ4n) is 4.09. The van der Waals surface area contributed by atoms with E-state index in [0.29, 0.717) is 26.0 Å². The predicted octanol–water partition coefficient (Wildman–Crippen LogP) is 4.42. The first-order chi connectivity index (χ1) is 15.4. The van der Waals surface area contributed by atoms with Crippen LogP contribution in [0, 0.1) is 12.8 Å². The molecule has 0 saturated carbocycles. The number of carbonyl (C=O) groups is 2. The zero-order valence-electron chi connectivity index (χ0n) is 19.5. The second kappa shape index (κ2) is 11.1. The molecule has 172 valence electrons. The molecule has 1 N–H and O–H groups in total. The first-order valence-electron chi connectivity index (χ1n) is 11.3. The molecule has 2 aromatic rings. The van der Waals surface area contributed by atoms with Gasteiger partial charge in [-0.3, -0.25) is 9.59 Å². The number of piperidine rings is 1. The van der Waals surface area contributed by atoms with Crippen LogP contribution in [0.3, 0.4) is 0 Å². The Labute approximate surface area is 190 Å². The molecule has 0 bridgehead atoms. The van der Waals surface area contributed by atoms with Crippen molar-refractivity contribution in [1.29, 1.82) is 0 Å². The van der Waals surface area contributed by atoms with Gasteiger partial charge in [0.05, 0.1) is 25.2 Å². The Morgan fingerprint density at radius 2 is 1.81 bits per heavy atom. The molecule has 0 spiro atoms. The summed E-state index contributed by atoms with van der Waals surface area (Å²) in [5.74, 6) is 0.404. The van der Waals surface area contributed by atoms with Gasteiger partial charge in [0, 0.05) is 25.3 Å². The van der Waals surface area contributed by atoms with Gasteiger partial charge in [0.2, 0.25) is 11.8 Å². The van der Waals surface area contributed by atoms with E-state index in [4.69, 9.17) is 9.47 Å². The maximum atomic E-state index is 13.2. The minimum absolute atomic E-state index is 0.0278. The number of nitrogens with zero attached hydrogens (tertiary/aromatic N) is 1. The van der Waals surface area contributed by atoms with E-state index >= 15 is 0 Å². The van der Waals surface area contributed by atoms with Crippen LogP contribution in [0.4, 0.5) is 5.69 Å². The molecule has 6 nitrogen and oxygen atoms in total. The highest BCUT2D eigenvalue weighted by molar-refractivity contribution is 5.97. The number of methoxy groups -OCH3 is 1. The third-order valence-electron chi connectivity index (χ3n) is 5.77. The van der Waals surface area contributed by atoms with E-state index in [2.05, 4.69) is 5.32 Å². The maximum Gasteiger partial charge on any atom is 0.227 e. The van der Waals surface area contributed by atoms with Gasteiger partial charge in [0.25, 0.3) is 0 Å². The summed E-state index contributed by atoms with van der Waals surface area (Å²) in [6, 6.07) is 15.1. The molecule has 1 heterocycles. The number of hydrogen-bond acceptors (Lipinski definition) is 4. The van der Waals surface area contributed by atoms with Gasteiger partial charge in [-0.05, 0) is 63.4 Å². The van der Waals surface area contributed by atoms with Crippen molar-refractivity contribution in [2.45, 2.75) is 52.2 Å². The Kier molecular flexibility index (Phi) is 8.28. The van der Waals surface area contributed by atoms with E-state index in [1.54, 1.807) is 12.0 Å². The van der Waals surface area contributed by atoms with Crippen molar-refractivity contribution in [1.82, 2.24) is 5.32 Å². The number of rotatable bonds is 9. The molecular weight excluding hydrogens is 404 g/mol. The van der Waals surface area contributed by atoms with Gasteiger partial charge in [-0.25, -0.2) is 0 Å². The molecule has 2 atom stereocenters. The predicted molar refractivity (Wildman–Crippen MR) is 126 cm³/mol. The number of benzene rings is 2. The first-order valence-corrected chi connectivity index (χ1v) is 11.3. The minimum atomic E-state index is -0.378. The lowest BCUT2D eigenvalue weighted by Gasteiger charge is -2.41. The highest BCUT2D eigenvalue weighted by Gasteiger charge is 2.41. The molecule has 32 heavy (non-hydrogen) atoms. The Morgan fingerprint density at radius 1 is 1.12 bits per heavy atom. The van der Waals surface area contributed by atoms with E-state index in [-0.39, 0.29) is 29.9 Å². The Bertz CT molecular complexity index is 893. The van der Waals surface area contributed by atoms with Gasteiger partial charge in [-0.2, -0.15) is 0 Å². The van der Waals surface area contributed by atoms with E-state index < -0.39 is 0 Å². The summed E-state index contributed by atoms with van der Waals surface area (Å²) in [7, 11) is 1.62. The Morgan fingerprint density at radius 3 is 2.44 bits per heavy atom. The molecule has 0 aliphatic carbocycles. The van der Waals surface area contributed by atoms with Gasteiger partial charge in [-0.15, -0.1) is 0 Å². The number of nitrogens with one attached hydrogen (secondary N) is 1. The maximum absolute atomic E-state index is 13.2. The van der Waals surface area contributed by atoms with E-state index in [9.17, 15) is 9.59 Å². The van der Waals surface area contributed by atoms with E-state index in [1.165, 1.54) is 0 Å². The number of aryl methyl sites for hydroxylation is 1. The van der Waals surface area contributed by atoms with Crippen LogP contribution >= 0.6 is 0 Å². The summed E-state index contributed by atoms with van der Waals surface area (Å²) >= 11 is 0. The number of amides is 2. The Balaban J connectivity index is 1.85. The summed E-state index contributed by atoms with van der Waals surface area (Å²) in [4.78, 5) is 28.1. The lowest BCUT2D eigenvalue weighted by Crippen LogP contribution is -2.48. The van der Waals surface area contributed by atoms with Crippen molar-refractivity contribution in [3.8, 4) is 5.75 Å². The molecule has 1 saturated heterocycles. The smallest absolute Gasteiger partial charge is 0.227 e. The lowest BCUT2D eigenvalue weighted by molar-refractivity contribution is -0.129. The summed E-state index contributed by atoms with van der Waals surface area (Å²) in [5, 5.41) is 3.06. The molecule has 1 aliphatic rings. The number of ether oxygens (including phenoxy) is 2. The van der Waals surface area contributed by atoms with Crippen molar-refractivity contribution >= 4 is 17.5 Å². The normalized spacial score (nSPS) is 18.7. The van der Waals surface area contributed by atoms with E-state index in [1.807, 2.05) is 69.3 Å². The van der Waals surface area contributed by atoms with Crippen LogP contribution in [0.2, 0.25) is 0 Å². The second-order valence-corrected chi connectivity index (χ2v) is 8.53. The lowest BCUT2D eigenvalue weighted by atomic mass is 9.83. The molecule has 0 radical (unpaired) electrons. The van der Waals surface area contributed by atoms with Gasteiger partial charge >= 0.3 is 0 Å². The third-order valence-corrected chi connectivity index (χ3v) is 5.77. The summed E-state index contributed by atoms with van der Waals surface area (Å²) < 4.78 is 10.9. The van der Waals surface area contributed by atoms with Crippen LogP contribution in [0.15, 0.2) is 48.5 Å². The number of hydrogen-bond donors (Lipinski definition) is 1. The third kappa shape index (κ3) is 5.88. The standard InChI is InChI=1S/C26H34N2O4/c1-18(2)32-17-5-16-27-26(30)23-14-15-24(29)28(21-10-6-19(3)7-11-21)25(23)20-8-12-22(31-4)13-9-20/h6-13,18,23,25H,5,14-17H2,1-4H3,(H,27,30). The van der Waals surface area contributed by atoms with Gasteiger partial charge < -0.3 is 19.7 Å². The highest BCUT2D eigenvalue weighted by Crippen LogP contribution is 2.40. The summed E-state index contributed by atoms with van der Waals surface area (Å²) in [5.41, 5.74) is 2.85. The van der Waals surface area contributed by atoms with Crippen LogP contribution in [0.1, 0.15) is 50.3 Å². The molecule has 1 fully saturated rings. The van der Waals surface area contributed by atoms with Crippen LogP contribution < -0.4 is 15.0 Å². The van der Waals surface area contributed by atoms with Crippen molar-refractivity contribution in [2.75, 3.05) is 25.2 Å². The highest BCUT2D eigenvalue weighted by atomic mass is 16.5. The topological polar surface area (TPSA) is 67.9 Å². The SMILES string of the molecule is COc1ccc(C2C(C(=O)NCCCOC(C)C)CCC(=O)N2c2ccc(C)cc2)cc1. The van der Waals surface area contributed by atoms with Gasteiger partial charge in [0.15, 0.2) is 0 Å². The van der Waals surface area contributed by atoms with Crippen LogP contribution in [0.5, 0.6) is 5.75 Å². The summed E-state index contributed by atoms with van der Waals surface area (Å²) in [6.07, 6.45) is 1.80. The molecule has 6 heteroatoms. The van der Waals surface area contributed by atoms with Gasteiger partial charge in [-0.1, -0.05) is 29.8 Å². The molecule has 2 amide bonds. The van der Waals surface area contributed by atoms with Crippen molar-refractivity contribution in [3.05, 3.63) is 59.7 Å². The zero-order valence-corrected chi connectivity index (χ0v) is 19.5. The largest absolute Gasteiger partial charge is 0.497 e. The molecule has 2 aromatic carbocycles. The monoisotopic (exact) mass is 438 g/mol. The second-order valence-electron chi connectivity index (χ2n) is 8.53. The number of carbonyl (C=O) groups excluding carboxylic acids is 2. The van der Waals surface area contributed by atoms with Crippen LogP contribution in [-0.4, -0.2) is 38.2 Å². The minimum Gasteiger partial charge on any atom is -0.497 e. The fraction of sp³-hybridized carbons (Fsp3) is 0.462.